The molecule has 0 aliphatic carbocycles. The zero-order chi connectivity index (χ0) is 21.8. The van der Waals surface area contributed by atoms with E-state index >= 15 is 0 Å². The Balaban J connectivity index is 1.39. The normalized spacial score (nSPS) is 10.5. The van der Waals surface area contributed by atoms with E-state index in [2.05, 4.69) is 25.7 Å². The maximum absolute atomic E-state index is 12.1. The molecule has 0 bridgehead atoms. The number of aromatic nitrogens is 4. The summed E-state index contributed by atoms with van der Waals surface area (Å²) < 4.78 is 7.55. The smallest absolute Gasteiger partial charge is 0.323 e. The summed E-state index contributed by atoms with van der Waals surface area (Å²) in [5.74, 6) is 1.58. The maximum Gasteiger partial charge on any atom is 0.323 e. The molecule has 0 unspecified atom stereocenters. The Hall–Kier alpha value is -3.91. The molecular formula is C22H19ClN6O2. The Morgan fingerprint density at radius 3 is 2.19 bits per heavy atom. The van der Waals surface area contributed by atoms with Gasteiger partial charge < -0.3 is 15.4 Å². The van der Waals surface area contributed by atoms with Gasteiger partial charge in [0, 0.05) is 28.2 Å². The third-order valence-corrected chi connectivity index (χ3v) is 4.54. The molecule has 8 nitrogen and oxygen atoms in total. The molecule has 2 aromatic heterocycles. The molecule has 4 rings (SSSR count). The van der Waals surface area contributed by atoms with Gasteiger partial charge in [-0.3, -0.25) is 0 Å². The lowest BCUT2D eigenvalue weighted by molar-refractivity contribution is 0.262. The number of halogens is 1. The molecule has 156 valence electrons. The number of urea groups is 1. The molecule has 9 heteroatoms. The number of rotatable bonds is 5. The molecule has 0 radical (unpaired) electrons. The second-order valence-corrected chi connectivity index (χ2v) is 7.20. The van der Waals surface area contributed by atoms with E-state index in [1.807, 2.05) is 19.9 Å². The van der Waals surface area contributed by atoms with Crippen molar-refractivity contribution in [2.75, 3.05) is 10.6 Å². The van der Waals surface area contributed by atoms with Crippen LogP contribution in [0.3, 0.4) is 0 Å². The van der Waals surface area contributed by atoms with Gasteiger partial charge in [-0.15, -0.1) is 0 Å². The first-order chi connectivity index (χ1) is 15.0. The number of anilines is 2. The van der Waals surface area contributed by atoms with Crippen molar-refractivity contribution >= 4 is 29.0 Å². The molecule has 2 heterocycles. The van der Waals surface area contributed by atoms with Crippen LogP contribution in [0.15, 0.2) is 67.0 Å². The fourth-order valence-corrected chi connectivity index (χ4v) is 3.04. The number of nitrogens with zero attached hydrogens (tertiary/aromatic N) is 4. The first-order valence-corrected chi connectivity index (χ1v) is 9.81. The summed E-state index contributed by atoms with van der Waals surface area (Å²) in [5, 5.41) is 10.5. The molecule has 31 heavy (non-hydrogen) atoms. The SMILES string of the molecule is Cc1cc(C)n(-c2cc(Oc3ccc(NC(=O)Nc4ccc(Cl)cc4)cc3)ncn2)n1. The Labute approximate surface area is 183 Å². The monoisotopic (exact) mass is 434 g/mol. The second-order valence-electron chi connectivity index (χ2n) is 6.77. The molecule has 0 fully saturated rings. The molecule has 0 aliphatic heterocycles. The van der Waals surface area contributed by atoms with E-state index in [1.165, 1.54) is 6.33 Å². The molecule has 0 atom stereocenters. The molecule has 2 aromatic carbocycles. The molecule has 0 saturated carbocycles. The van der Waals surface area contributed by atoms with Crippen molar-refractivity contribution in [3.63, 3.8) is 0 Å². The van der Waals surface area contributed by atoms with Gasteiger partial charge in [-0.1, -0.05) is 11.6 Å². The summed E-state index contributed by atoms with van der Waals surface area (Å²) in [6.07, 6.45) is 1.43. The highest BCUT2D eigenvalue weighted by molar-refractivity contribution is 6.30. The van der Waals surface area contributed by atoms with Crippen LogP contribution < -0.4 is 15.4 Å². The van der Waals surface area contributed by atoms with Gasteiger partial charge in [0.2, 0.25) is 5.88 Å². The van der Waals surface area contributed by atoms with E-state index in [-0.39, 0.29) is 6.03 Å². The number of amides is 2. The van der Waals surface area contributed by atoms with Crippen LogP contribution >= 0.6 is 11.6 Å². The van der Waals surface area contributed by atoms with E-state index in [4.69, 9.17) is 16.3 Å². The molecule has 2 amide bonds. The van der Waals surface area contributed by atoms with Crippen LogP contribution in [0.4, 0.5) is 16.2 Å². The number of hydrogen-bond acceptors (Lipinski definition) is 5. The maximum atomic E-state index is 12.1. The van der Waals surface area contributed by atoms with E-state index in [0.29, 0.717) is 33.8 Å². The minimum Gasteiger partial charge on any atom is -0.439 e. The standard InChI is InChI=1S/C22H19ClN6O2/c1-14-11-15(2)29(28-14)20-12-21(25-13-24-20)31-19-9-7-18(8-10-19)27-22(30)26-17-5-3-16(23)4-6-17/h3-13H,1-2H3,(H2,26,27,30). The molecule has 2 N–H and O–H groups in total. The van der Waals surface area contributed by atoms with Gasteiger partial charge in [0.25, 0.3) is 0 Å². The van der Waals surface area contributed by atoms with Gasteiger partial charge in [-0.05, 0) is 68.4 Å². The summed E-state index contributed by atoms with van der Waals surface area (Å²) >= 11 is 5.85. The number of ether oxygens (including phenoxy) is 1. The number of benzene rings is 2. The first-order valence-electron chi connectivity index (χ1n) is 9.43. The minimum atomic E-state index is -0.360. The highest BCUT2D eigenvalue weighted by atomic mass is 35.5. The van der Waals surface area contributed by atoms with E-state index in [0.717, 1.165) is 11.4 Å². The van der Waals surface area contributed by atoms with Crippen LogP contribution in [-0.2, 0) is 0 Å². The van der Waals surface area contributed by atoms with Crippen molar-refractivity contribution in [3.05, 3.63) is 83.4 Å². The third kappa shape index (κ3) is 5.18. The quantitative estimate of drug-likeness (QED) is 0.440. The summed E-state index contributed by atoms with van der Waals surface area (Å²) in [5.41, 5.74) is 3.13. The van der Waals surface area contributed by atoms with Gasteiger partial charge in [0.1, 0.15) is 12.1 Å². The van der Waals surface area contributed by atoms with Crippen LogP contribution in [-0.4, -0.2) is 25.8 Å². The largest absolute Gasteiger partial charge is 0.439 e. The van der Waals surface area contributed by atoms with Crippen molar-refractivity contribution in [1.82, 2.24) is 19.7 Å². The van der Waals surface area contributed by atoms with Gasteiger partial charge in [0.05, 0.1) is 5.69 Å². The lowest BCUT2D eigenvalue weighted by atomic mass is 10.3. The van der Waals surface area contributed by atoms with Crippen molar-refractivity contribution in [3.8, 4) is 17.4 Å². The summed E-state index contributed by atoms with van der Waals surface area (Å²) in [4.78, 5) is 20.5. The number of aryl methyl sites for hydroxylation is 2. The second kappa shape index (κ2) is 8.85. The Morgan fingerprint density at radius 1 is 0.935 bits per heavy atom. The Bertz CT molecular complexity index is 1210. The lowest BCUT2D eigenvalue weighted by Gasteiger charge is -2.10. The topological polar surface area (TPSA) is 94.0 Å². The fourth-order valence-electron chi connectivity index (χ4n) is 2.92. The van der Waals surface area contributed by atoms with E-state index < -0.39 is 0 Å². The van der Waals surface area contributed by atoms with Crippen LogP contribution in [0, 0.1) is 13.8 Å². The first kappa shape index (κ1) is 20.4. The van der Waals surface area contributed by atoms with Crippen LogP contribution in [0.1, 0.15) is 11.4 Å². The number of carbonyl (C=O) groups is 1. The summed E-state index contributed by atoms with van der Waals surface area (Å²) in [6.45, 7) is 3.88. The van der Waals surface area contributed by atoms with Gasteiger partial charge >= 0.3 is 6.03 Å². The van der Waals surface area contributed by atoms with Crippen LogP contribution in [0.2, 0.25) is 5.02 Å². The van der Waals surface area contributed by atoms with Crippen molar-refractivity contribution in [1.29, 1.82) is 0 Å². The number of nitrogens with one attached hydrogen (secondary N) is 2. The third-order valence-electron chi connectivity index (χ3n) is 4.29. The molecule has 0 spiro atoms. The minimum absolute atomic E-state index is 0.360. The highest BCUT2D eigenvalue weighted by Crippen LogP contribution is 2.23. The van der Waals surface area contributed by atoms with Crippen molar-refractivity contribution in [2.24, 2.45) is 0 Å². The molecular weight excluding hydrogens is 416 g/mol. The van der Waals surface area contributed by atoms with Crippen molar-refractivity contribution < 1.29 is 9.53 Å². The molecule has 0 aliphatic rings. The predicted molar refractivity (Wildman–Crippen MR) is 119 cm³/mol. The molecule has 0 saturated heterocycles. The van der Waals surface area contributed by atoms with Crippen LogP contribution in [0.5, 0.6) is 11.6 Å². The van der Waals surface area contributed by atoms with E-state index in [9.17, 15) is 4.79 Å². The average Bonchev–Trinajstić information content (AvgIpc) is 3.09. The fraction of sp³-hybridized carbons (Fsp3) is 0.0909. The van der Waals surface area contributed by atoms with Crippen molar-refractivity contribution in [2.45, 2.75) is 13.8 Å². The zero-order valence-electron chi connectivity index (χ0n) is 16.8. The molecule has 4 aromatic rings. The van der Waals surface area contributed by atoms with Gasteiger partial charge in [-0.25, -0.2) is 19.4 Å². The van der Waals surface area contributed by atoms with Gasteiger partial charge in [0.15, 0.2) is 5.82 Å². The van der Waals surface area contributed by atoms with E-state index in [1.54, 1.807) is 59.3 Å². The summed E-state index contributed by atoms with van der Waals surface area (Å²) in [7, 11) is 0. The number of hydrogen-bond donors (Lipinski definition) is 2. The Morgan fingerprint density at radius 2 is 1.58 bits per heavy atom. The predicted octanol–water partition coefficient (Wildman–Crippen LogP) is 5.37. The Kier molecular flexibility index (Phi) is 5.81. The lowest BCUT2D eigenvalue weighted by Crippen LogP contribution is -2.19. The number of carbonyl (C=O) groups excluding carboxylic acids is 1. The highest BCUT2D eigenvalue weighted by Gasteiger charge is 2.08. The van der Waals surface area contributed by atoms with Crippen LogP contribution in [0.25, 0.3) is 5.82 Å². The summed E-state index contributed by atoms with van der Waals surface area (Å²) in [6, 6.07) is 17.1. The average molecular weight is 435 g/mol. The zero-order valence-corrected chi connectivity index (χ0v) is 17.6. The van der Waals surface area contributed by atoms with Gasteiger partial charge in [-0.2, -0.15) is 5.10 Å².